The Labute approximate surface area is 885 Å². The molecule has 7 N–H and O–H groups in total. The van der Waals surface area contributed by atoms with Crippen molar-refractivity contribution >= 4 is 80.6 Å². The van der Waals surface area contributed by atoms with Crippen LogP contribution in [0.15, 0.2) is 267 Å². The number of nitrogens with zero attached hydrogens (tertiary/aromatic N) is 8. The van der Waals surface area contributed by atoms with E-state index in [0.717, 1.165) is 246 Å². The zero-order valence-corrected chi connectivity index (χ0v) is 87.0. The van der Waals surface area contributed by atoms with Crippen molar-refractivity contribution in [3.8, 4) is 40.2 Å². The molecule has 12 aromatic rings. The van der Waals surface area contributed by atoms with Gasteiger partial charge in [0.15, 0.2) is 0 Å². The van der Waals surface area contributed by atoms with Crippen molar-refractivity contribution in [3.05, 3.63) is 383 Å². The average Bonchev–Trinajstić information content (AvgIpc) is 0.976. The summed E-state index contributed by atoms with van der Waals surface area (Å²) >= 11 is 24.2. The fourth-order valence-corrected chi connectivity index (χ4v) is 21.9. The molecule has 8 aromatic carbocycles. The average molecular weight is 2080 g/mol. The maximum atomic E-state index is 11.7. The number of benzene rings is 8. The Hall–Kier alpha value is -12.3. The number of carboxylic acids is 2. The monoisotopic (exact) mass is 2080 g/mol. The number of piperidine rings is 4. The summed E-state index contributed by atoms with van der Waals surface area (Å²) < 4.78 is 41.4. The lowest BCUT2D eigenvalue weighted by Crippen LogP contribution is -2.55. The van der Waals surface area contributed by atoms with Gasteiger partial charge in [-0.3, -0.25) is 24.7 Å². The van der Waals surface area contributed by atoms with Gasteiger partial charge < -0.3 is 88.5 Å². The van der Waals surface area contributed by atoms with Crippen LogP contribution in [0.25, 0.3) is 22.3 Å². The number of aliphatic hydroxyl groups is 5. The number of aromatic nitrogens is 4. The van der Waals surface area contributed by atoms with Gasteiger partial charge in [-0.1, -0.05) is 171 Å². The zero-order chi connectivity index (χ0) is 104. The summed E-state index contributed by atoms with van der Waals surface area (Å²) in [5, 5.41) is 74.2. The highest BCUT2D eigenvalue weighted by Gasteiger charge is 2.50. The van der Waals surface area contributed by atoms with Gasteiger partial charge in [0.05, 0.1) is 71.4 Å². The van der Waals surface area contributed by atoms with Crippen molar-refractivity contribution in [2.45, 2.75) is 147 Å². The van der Waals surface area contributed by atoms with Crippen molar-refractivity contribution in [2.24, 2.45) is 10.8 Å². The molecule has 148 heavy (non-hydrogen) atoms. The molecule has 772 valence electrons. The van der Waals surface area contributed by atoms with E-state index in [0.29, 0.717) is 96.1 Å². The number of aliphatic hydroxyl groups excluding tert-OH is 2. The Morgan fingerprint density at radius 2 is 0.696 bits per heavy atom. The Balaban J connectivity index is 0.000000135. The van der Waals surface area contributed by atoms with Crippen LogP contribution in [-0.2, 0) is 48.0 Å². The summed E-state index contributed by atoms with van der Waals surface area (Å²) in [6.45, 7) is 21.1. The molecular formula is C120H128Cl4N8O16. The summed E-state index contributed by atoms with van der Waals surface area (Å²) in [6, 6.07) is 69.1. The molecule has 0 aliphatic carbocycles. The highest BCUT2D eigenvalue weighted by molar-refractivity contribution is 6.31. The molecule has 4 saturated heterocycles. The number of halogens is 4. The fourth-order valence-electron chi connectivity index (χ4n) is 21.4. The number of likely N-dealkylation sites (tertiary alicyclic amines) is 4. The Morgan fingerprint density at radius 3 is 1.04 bits per heavy atom. The minimum atomic E-state index is -0.971. The van der Waals surface area contributed by atoms with Gasteiger partial charge in [-0.15, -0.1) is 0 Å². The quantitative estimate of drug-likeness (QED) is 0.0252. The number of aromatic carboxylic acids is 1. The van der Waals surface area contributed by atoms with E-state index in [-0.39, 0.29) is 55.8 Å². The first-order chi connectivity index (χ1) is 71.6. The molecule has 0 amide bonds. The Kier molecular flexibility index (Phi) is 35.4. The lowest BCUT2D eigenvalue weighted by Gasteiger charge is -2.50. The maximum Gasteiger partial charge on any atom is 0.335 e. The molecule has 8 aliphatic heterocycles. The third kappa shape index (κ3) is 25.8. The van der Waals surface area contributed by atoms with Gasteiger partial charge in [-0.05, 0) is 273 Å². The van der Waals surface area contributed by atoms with Crippen LogP contribution < -0.4 is 33.2 Å². The summed E-state index contributed by atoms with van der Waals surface area (Å²) in [7, 11) is 0. The smallest absolute Gasteiger partial charge is 0.335 e. The highest BCUT2D eigenvalue weighted by atomic mass is 35.5. The molecule has 4 fully saturated rings. The number of hydrogen-bond donors (Lipinski definition) is 7. The number of fused-ring (bicyclic) bond motifs is 8. The first-order valence-corrected chi connectivity index (χ1v) is 52.4. The number of carboxylic acid groups (broad SMARTS) is 2. The highest BCUT2D eigenvalue weighted by Crippen LogP contribution is 2.51. The topological polar surface area (TPSA) is 305 Å². The molecule has 28 heteroatoms. The predicted octanol–water partition coefficient (Wildman–Crippen LogP) is 22.2. The van der Waals surface area contributed by atoms with Crippen molar-refractivity contribution < 1.29 is 78.5 Å². The minimum absolute atomic E-state index is 0.0357. The first kappa shape index (κ1) is 107. The molecule has 0 spiro atoms. The minimum Gasteiger partial charge on any atom is -0.493 e. The van der Waals surface area contributed by atoms with Crippen LogP contribution in [0.2, 0.25) is 20.1 Å². The normalized spacial score (nSPS) is 19.7. The molecule has 0 radical (unpaired) electrons. The van der Waals surface area contributed by atoms with Crippen molar-refractivity contribution in [1.82, 2.24) is 39.5 Å². The second-order valence-corrected chi connectivity index (χ2v) is 41.7. The predicted molar refractivity (Wildman–Crippen MR) is 578 cm³/mol. The van der Waals surface area contributed by atoms with E-state index in [4.69, 9.17) is 89.8 Å². The van der Waals surface area contributed by atoms with E-state index < -0.39 is 28.7 Å². The third-order valence-corrected chi connectivity index (χ3v) is 30.6. The molecule has 8 aliphatic rings. The number of ether oxygens (including phenoxy) is 7. The molecule has 0 bridgehead atoms. The van der Waals surface area contributed by atoms with Crippen LogP contribution in [-0.4, -0.2) is 199 Å². The van der Waals surface area contributed by atoms with Crippen LogP contribution in [0, 0.1) is 10.8 Å². The van der Waals surface area contributed by atoms with E-state index in [1.165, 1.54) is 5.56 Å². The number of aliphatic carboxylic acids is 1. The van der Waals surface area contributed by atoms with Gasteiger partial charge in [0.25, 0.3) is 0 Å². The number of carbonyl (C=O) groups is 2. The van der Waals surface area contributed by atoms with Crippen LogP contribution in [0.3, 0.4) is 0 Å². The summed E-state index contributed by atoms with van der Waals surface area (Å²) in [4.78, 5) is 50.5. The van der Waals surface area contributed by atoms with Crippen LogP contribution in [0.1, 0.15) is 204 Å². The van der Waals surface area contributed by atoms with E-state index in [2.05, 4.69) is 122 Å². The number of hydrogen-bond acceptors (Lipinski definition) is 22. The number of pyridine rings is 4. The first-order valence-electron chi connectivity index (χ1n) is 50.9. The van der Waals surface area contributed by atoms with Crippen molar-refractivity contribution in [1.29, 1.82) is 0 Å². The standard InChI is InChI=1S/C31H35ClN2O4.2C30H31ClN2O4.C29H31ClN2O4/c1-30(2)21-34(16-13-31(30,36)22-7-9-23(32)10-8-22)15-4-6-25-26-5-3-14-33-28(26)20-38-29-12-11-24(19-27(25)29)37-18-17-35;1-29(2)19-33(16-13-30(29,36)21-8-10-22(31)11-9-21)15-4-6-23-24-5-3-14-32-26(24)18-37-27-12-7-20(28(34)35)17-25(23)27;31-23-7-5-21(6-8-23)22-11-16-33(17-12-22)15-2-4-25-26-3-1-14-32-28(26)20-37-29-10-9-24(19-27(25)29)36-18-13-30(34)35;30-22-7-5-21(6-8-22)29(34)11-15-32(16-12-29)14-2-4-24-25-3-1-13-31-27(25)20-36-28-10-9-23(19-26(24)28)35-18-17-33/h3,5-12,14,19,35-36H,4,13,15-18,20-21H2,1-2H3;3,5-12,14,17,36H,4,13,15-16,18-19H2,1-2H3,(H,34,35);1,3-10,14,19,22H,2,11-13,15-18,20H2,(H,34,35);1,3-10,13,19,33-34H,2,11-12,14-18,20H2/b25-6+;23-6+;25-4+;24-4+/t;30-;;/m.0../s1. The van der Waals surface area contributed by atoms with Gasteiger partial charge in [0.2, 0.25) is 0 Å². The van der Waals surface area contributed by atoms with E-state index in [1.54, 1.807) is 43.0 Å². The van der Waals surface area contributed by atoms with Crippen LogP contribution in [0.5, 0.6) is 40.2 Å². The molecule has 20 rings (SSSR count). The molecule has 2 atom stereocenters. The van der Waals surface area contributed by atoms with Gasteiger partial charge in [0.1, 0.15) is 79.9 Å². The van der Waals surface area contributed by atoms with Gasteiger partial charge >= 0.3 is 11.9 Å². The third-order valence-electron chi connectivity index (χ3n) is 29.6. The summed E-state index contributed by atoms with van der Waals surface area (Å²) in [5.41, 5.74) is 16.5. The van der Waals surface area contributed by atoms with Gasteiger partial charge in [-0.25, -0.2) is 4.79 Å². The van der Waals surface area contributed by atoms with Crippen LogP contribution >= 0.6 is 46.4 Å². The lowest BCUT2D eigenvalue weighted by atomic mass is 9.66. The fraction of sp³-hybridized carbons (Fsp3) is 0.350. The summed E-state index contributed by atoms with van der Waals surface area (Å²) in [5.74, 6) is 3.78. The molecule has 1 unspecified atom stereocenters. The second-order valence-electron chi connectivity index (χ2n) is 40.0. The van der Waals surface area contributed by atoms with E-state index in [1.807, 2.05) is 170 Å². The molecule has 4 aromatic heterocycles. The van der Waals surface area contributed by atoms with Crippen LogP contribution in [0.4, 0.5) is 0 Å². The number of rotatable bonds is 27. The second kappa shape index (κ2) is 49.0. The summed E-state index contributed by atoms with van der Waals surface area (Å²) in [6.07, 6.45) is 24.4. The molecule has 0 saturated carbocycles. The largest absolute Gasteiger partial charge is 0.493 e. The zero-order valence-electron chi connectivity index (χ0n) is 84.0. The van der Waals surface area contributed by atoms with Crippen molar-refractivity contribution in [3.63, 3.8) is 0 Å². The maximum absolute atomic E-state index is 11.7. The van der Waals surface area contributed by atoms with Gasteiger partial charge in [-0.2, -0.15) is 0 Å². The van der Waals surface area contributed by atoms with E-state index in [9.17, 15) is 35.1 Å². The lowest BCUT2D eigenvalue weighted by molar-refractivity contribution is -0.137. The van der Waals surface area contributed by atoms with Crippen molar-refractivity contribution in [2.75, 3.05) is 112 Å². The van der Waals surface area contributed by atoms with Gasteiger partial charge in [0, 0.05) is 166 Å². The molecular weight excluding hydrogens is 1950 g/mol. The Bertz CT molecular complexity index is 6750. The molecule has 24 nitrogen and oxygen atoms in total. The van der Waals surface area contributed by atoms with E-state index >= 15 is 0 Å². The molecule has 12 heterocycles. The SMILES string of the molecule is CC1(C)CN(CC/C=C2/c3cc(C(=O)O)ccc3OCc3ncccc32)CC[C@]1(O)c1ccc(Cl)cc1.CC1(C)CN(CC/C=C2/c3cc(OCCO)ccc3OCc3ncccc32)CCC1(O)c1ccc(Cl)cc1.O=C(O)CCOc1ccc2c(c1)/C(=C/CCN1CCC(c3ccc(Cl)cc3)CC1)c1cccnc1CO2.OCCOc1ccc2c(c1)/C(=C/CCN1CCC(O)(c3ccc(Cl)cc3)CC1)c1cccnc1CO2. The Morgan fingerprint density at radius 1 is 0.378 bits per heavy atom.